The largest absolute Gasteiger partial charge is 0.357 e. The van der Waals surface area contributed by atoms with Gasteiger partial charge in [0.1, 0.15) is 0 Å². The minimum absolute atomic E-state index is 0.260. The summed E-state index contributed by atoms with van der Waals surface area (Å²) in [6.45, 7) is 0. The highest BCUT2D eigenvalue weighted by Crippen LogP contribution is 2.40. The predicted molar refractivity (Wildman–Crippen MR) is 49.1 cm³/mol. The van der Waals surface area contributed by atoms with E-state index in [9.17, 15) is 4.79 Å². The van der Waals surface area contributed by atoms with Crippen LogP contribution in [0.5, 0.6) is 0 Å². The standard InChI is InChI=1S/C6H5BrN2OS/c7-6-5-3(2-11-6)8-4(1-10)9-5/h1-2,4,8-9H. The third-order valence-corrected chi connectivity index (χ3v) is 3.21. The Bertz CT molecular complexity index is 299. The topological polar surface area (TPSA) is 41.1 Å². The number of carbonyl (C=O) groups excluding carboxylic acids is 1. The minimum Gasteiger partial charge on any atom is -0.357 e. The molecule has 0 saturated heterocycles. The van der Waals surface area contributed by atoms with Crippen molar-refractivity contribution in [1.29, 1.82) is 0 Å². The van der Waals surface area contributed by atoms with Gasteiger partial charge in [-0.1, -0.05) is 0 Å². The number of anilines is 2. The summed E-state index contributed by atoms with van der Waals surface area (Å²) in [5.41, 5.74) is 1.99. The molecule has 0 fully saturated rings. The first-order valence-corrected chi connectivity index (χ1v) is 4.74. The van der Waals surface area contributed by atoms with Gasteiger partial charge in [0.25, 0.3) is 0 Å². The Labute approximate surface area is 75.9 Å². The Morgan fingerprint density at radius 2 is 2.45 bits per heavy atom. The van der Waals surface area contributed by atoms with Crippen LogP contribution < -0.4 is 10.6 Å². The van der Waals surface area contributed by atoms with Crippen molar-refractivity contribution >= 4 is 44.9 Å². The van der Waals surface area contributed by atoms with Gasteiger partial charge in [-0.05, 0) is 15.9 Å². The van der Waals surface area contributed by atoms with Gasteiger partial charge in [0.2, 0.25) is 0 Å². The van der Waals surface area contributed by atoms with Gasteiger partial charge in [0.15, 0.2) is 12.5 Å². The monoisotopic (exact) mass is 232 g/mol. The zero-order valence-electron chi connectivity index (χ0n) is 5.43. The van der Waals surface area contributed by atoms with Crippen molar-refractivity contribution in [3.8, 4) is 0 Å². The number of aldehydes is 1. The molecule has 0 saturated carbocycles. The SMILES string of the molecule is O=CC1Nc2csc(Br)c2N1. The second-order valence-electron chi connectivity index (χ2n) is 2.20. The molecular weight excluding hydrogens is 228 g/mol. The van der Waals surface area contributed by atoms with E-state index >= 15 is 0 Å². The lowest BCUT2D eigenvalue weighted by atomic mass is 10.5. The molecule has 3 nitrogen and oxygen atoms in total. The number of fused-ring (bicyclic) bond motifs is 1. The van der Waals surface area contributed by atoms with Crippen molar-refractivity contribution in [3.05, 3.63) is 9.17 Å². The average Bonchev–Trinajstić information content (AvgIpc) is 2.53. The molecule has 2 N–H and O–H groups in total. The van der Waals surface area contributed by atoms with Crippen molar-refractivity contribution < 1.29 is 4.79 Å². The van der Waals surface area contributed by atoms with E-state index in [1.807, 2.05) is 5.38 Å². The van der Waals surface area contributed by atoms with Gasteiger partial charge in [-0.2, -0.15) is 0 Å². The van der Waals surface area contributed by atoms with Crippen molar-refractivity contribution in [2.45, 2.75) is 6.17 Å². The highest BCUT2D eigenvalue weighted by atomic mass is 79.9. The van der Waals surface area contributed by atoms with Crippen molar-refractivity contribution in [2.24, 2.45) is 0 Å². The lowest BCUT2D eigenvalue weighted by molar-refractivity contribution is -0.107. The summed E-state index contributed by atoms with van der Waals surface area (Å²) in [7, 11) is 0. The molecule has 1 aromatic heterocycles. The summed E-state index contributed by atoms with van der Waals surface area (Å²) in [4.78, 5) is 10.3. The molecule has 2 heterocycles. The number of rotatable bonds is 1. The molecule has 0 bridgehead atoms. The second kappa shape index (κ2) is 2.49. The first-order valence-electron chi connectivity index (χ1n) is 3.06. The van der Waals surface area contributed by atoms with Crippen molar-refractivity contribution in [2.75, 3.05) is 10.6 Å². The summed E-state index contributed by atoms with van der Waals surface area (Å²) < 4.78 is 1.03. The van der Waals surface area contributed by atoms with Crippen LogP contribution in [0.1, 0.15) is 0 Å². The molecule has 58 valence electrons. The molecule has 1 aliphatic heterocycles. The summed E-state index contributed by atoms with van der Waals surface area (Å²) in [5.74, 6) is 0. The van der Waals surface area contributed by atoms with E-state index in [0.717, 1.165) is 21.4 Å². The fraction of sp³-hybridized carbons (Fsp3) is 0.167. The normalized spacial score (nSPS) is 20.3. The first kappa shape index (κ1) is 7.12. The molecule has 5 heteroatoms. The van der Waals surface area contributed by atoms with Gasteiger partial charge in [-0.25, -0.2) is 0 Å². The average molecular weight is 233 g/mol. The number of hydrogen-bond acceptors (Lipinski definition) is 4. The molecule has 0 aromatic carbocycles. The highest BCUT2D eigenvalue weighted by Gasteiger charge is 2.21. The van der Waals surface area contributed by atoms with Gasteiger partial charge in [0, 0.05) is 5.38 Å². The van der Waals surface area contributed by atoms with Crippen LogP contribution in [0.25, 0.3) is 0 Å². The van der Waals surface area contributed by atoms with E-state index in [1.165, 1.54) is 0 Å². The fourth-order valence-electron chi connectivity index (χ4n) is 1.00. The molecule has 11 heavy (non-hydrogen) atoms. The molecule has 0 spiro atoms. The summed E-state index contributed by atoms with van der Waals surface area (Å²) in [6, 6.07) is 0. The number of thiophene rings is 1. The van der Waals surface area contributed by atoms with E-state index in [0.29, 0.717) is 0 Å². The molecule has 1 aromatic rings. The van der Waals surface area contributed by atoms with Crippen LogP contribution in [0.2, 0.25) is 0 Å². The highest BCUT2D eigenvalue weighted by molar-refractivity contribution is 9.11. The van der Waals surface area contributed by atoms with Crippen molar-refractivity contribution in [3.63, 3.8) is 0 Å². The molecule has 0 radical (unpaired) electrons. The van der Waals surface area contributed by atoms with Crippen LogP contribution in [0.3, 0.4) is 0 Å². The van der Waals surface area contributed by atoms with E-state index < -0.39 is 0 Å². The summed E-state index contributed by atoms with van der Waals surface area (Å²) in [5, 5.41) is 7.99. The predicted octanol–water partition coefficient (Wildman–Crippen LogP) is 1.87. The van der Waals surface area contributed by atoms with E-state index in [1.54, 1.807) is 11.3 Å². The maximum absolute atomic E-state index is 10.3. The number of hydrogen-bond donors (Lipinski definition) is 2. The third kappa shape index (κ3) is 1.04. The van der Waals surface area contributed by atoms with E-state index in [2.05, 4.69) is 26.6 Å². The molecule has 0 amide bonds. The molecule has 1 aliphatic rings. The van der Waals surface area contributed by atoms with E-state index in [-0.39, 0.29) is 6.17 Å². The number of carbonyl (C=O) groups is 1. The Morgan fingerprint density at radius 3 is 3.09 bits per heavy atom. The zero-order valence-corrected chi connectivity index (χ0v) is 7.83. The zero-order chi connectivity index (χ0) is 7.84. The number of nitrogens with one attached hydrogen (secondary N) is 2. The molecular formula is C6H5BrN2OS. The lowest BCUT2D eigenvalue weighted by Gasteiger charge is -2.01. The second-order valence-corrected chi connectivity index (χ2v) is 4.40. The summed E-state index contributed by atoms with van der Waals surface area (Å²) >= 11 is 4.97. The van der Waals surface area contributed by atoms with Crippen LogP contribution in [0.4, 0.5) is 11.4 Å². The van der Waals surface area contributed by atoms with Gasteiger partial charge >= 0.3 is 0 Å². The Balaban J connectivity index is 2.34. The molecule has 0 aliphatic carbocycles. The first-order chi connectivity index (χ1) is 5.31. The maximum Gasteiger partial charge on any atom is 0.162 e. The van der Waals surface area contributed by atoms with Crippen LogP contribution in [-0.2, 0) is 4.79 Å². The molecule has 1 atom stereocenters. The molecule has 1 unspecified atom stereocenters. The Hall–Kier alpha value is -0.550. The Morgan fingerprint density at radius 1 is 1.64 bits per heavy atom. The van der Waals surface area contributed by atoms with Crippen LogP contribution in [-0.4, -0.2) is 12.5 Å². The van der Waals surface area contributed by atoms with Crippen LogP contribution in [0, 0.1) is 0 Å². The maximum atomic E-state index is 10.3. The summed E-state index contributed by atoms with van der Waals surface area (Å²) in [6.07, 6.45) is 0.585. The molecule has 2 rings (SSSR count). The smallest absolute Gasteiger partial charge is 0.162 e. The number of halogens is 1. The van der Waals surface area contributed by atoms with Crippen LogP contribution in [0.15, 0.2) is 9.17 Å². The Kier molecular flexibility index (Phi) is 1.61. The third-order valence-electron chi connectivity index (χ3n) is 1.49. The van der Waals surface area contributed by atoms with Gasteiger partial charge < -0.3 is 10.6 Å². The van der Waals surface area contributed by atoms with Gasteiger partial charge in [-0.3, -0.25) is 4.79 Å². The van der Waals surface area contributed by atoms with Crippen molar-refractivity contribution in [1.82, 2.24) is 0 Å². The minimum atomic E-state index is -0.260. The van der Waals surface area contributed by atoms with E-state index in [4.69, 9.17) is 0 Å². The van der Waals surface area contributed by atoms with Crippen LogP contribution >= 0.6 is 27.3 Å². The fourth-order valence-corrected chi connectivity index (χ4v) is 2.30. The lowest BCUT2D eigenvalue weighted by Crippen LogP contribution is -2.23. The van der Waals surface area contributed by atoms with Gasteiger partial charge in [0.05, 0.1) is 15.2 Å². The quantitative estimate of drug-likeness (QED) is 0.727. The van der Waals surface area contributed by atoms with Gasteiger partial charge in [-0.15, -0.1) is 11.3 Å².